The van der Waals surface area contributed by atoms with E-state index in [4.69, 9.17) is 15.2 Å². The van der Waals surface area contributed by atoms with Crippen LogP contribution in [0.2, 0.25) is 0 Å². The van der Waals surface area contributed by atoms with Crippen LogP contribution in [0, 0.1) is 6.92 Å². The molecule has 0 radical (unpaired) electrons. The van der Waals surface area contributed by atoms with Gasteiger partial charge in [-0.1, -0.05) is 0 Å². The van der Waals surface area contributed by atoms with Gasteiger partial charge in [0.05, 0.1) is 0 Å². The molecule has 1 aromatic carbocycles. The highest BCUT2D eigenvalue weighted by Gasteiger charge is 2.20. The quantitative estimate of drug-likeness (QED) is 0.885. The molecular weight excluding hydrogens is 240 g/mol. The highest BCUT2D eigenvalue weighted by atomic mass is 16.6. The molecule has 1 aliphatic heterocycles. The van der Waals surface area contributed by atoms with Crippen molar-refractivity contribution in [3.05, 3.63) is 23.3 Å². The highest BCUT2D eigenvalue weighted by molar-refractivity contribution is 5.48. The van der Waals surface area contributed by atoms with Gasteiger partial charge in [0.1, 0.15) is 13.2 Å². The number of fused-ring (bicyclic) bond motifs is 1. The molecule has 19 heavy (non-hydrogen) atoms. The molecule has 1 aliphatic rings. The molecule has 1 heterocycles. The summed E-state index contributed by atoms with van der Waals surface area (Å²) in [4.78, 5) is 2.24. The zero-order chi connectivity index (χ0) is 13.8. The summed E-state index contributed by atoms with van der Waals surface area (Å²) in [5.74, 6) is 1.73. The molecule has 0 bridgehead atoms. The Morgan fingerprint density at radius 1 is 1.21 bits per heavy atom. The average molecular weight is 264 g/mol. The van der Waals surface area contributed by atoms with Gasteiger partial charge < -0.3 is 20.1 Å². The van der Waals surface area contributed by atoms with Gasteiger partial charge in [-0.25, -0.2) is 0 Å². The Kier molecular flexibility index (Phi) is 4.66. The van der Waals surface area contributed by atoms with Crippen molar-refractivity contribution < 1.29 is 9.47 Å². The fourth-order valence-corrected chi connectivity index (χ4v) is 2.57. The first-order valence-corrected chi connectivity index (χ1v) is 6.90. The van der Waals surface area contributed by atoms with Crippen molar-refractivity contribution in [3.8, 4) is 11.5 Å². The number of hydrogen-bond acceptors (Lipinski definition) is 4. The number of rotatable bonds is 5. The summed E-state index contributed by atoms with van der Waals surface area (Å²) in [5.41, 5.74) is 8.20. The summed E-state index contributed by atoms with van der Waals surface area (Å²) in [6.07, 6.45) is 2.08. The standard InChI is InChI=1S/C15H24N2O2/c1-11-9-14-15(19-8-7-18-14)10-12(11)13(17(2)3)5-4-6-16/h9-10,13H,4-8,16H2,1-3H3. The highest BCUT2D eigenvalue weighted by Crippen LogP contribution is 2.37. The number of nitrogens with two attached hydrogens (primary N) is 1. The van der Waals surface area contributed by atoms with Crippen LogP contribution in [-0.4, -0.2) is 38.8 Å². The first-order chi connectivity index (χ1) is 9.13. The van der Waals surface area contributed by atoms with Crippen molar-refractivity contribution in [2.45, 2.75) is 25.8 Å². The Bertz CT molecular complexity index is 432. The Morgan fingerprint density at radius 2 is 1.84 bits per heavy atom. The number of ether oxygens (including phenoxy) is 2. The van der Waals surface area contributed by atoms with E-state index in [2.05, 4.69) is 38.1 Å². The predicted octanol–water partition coefficient (Wildman–Crippen LogP) is 2.11. The van der Waals surface area contributed by atoms with Crippen LogP contribution in [0.1, 0.15) is 30.0 Å². The molecule has 0 aromatic heterocycles. The van der Waals surface area contributed by atoms with Crippen molar-refractivity contribution in [3.63, 3.8) is 0 Å². The Morgan fingerprint density at radius 3 is 2.42 bits per heavy atom. The third-order valence-corrected chi connectivity index (χ3v) is 3.59. The molecular formula is C15H24N2O2. The lowest BCUT2D eigenvalue weighted by Crippen LogP contribution is -2.23. The van der Waals surface area contributed by atoms with Gasteiger partial charge in [-0.2, -0.15) is 0 Å². The van der Waals surface area contributed by atoms with Gasteiger partial charge >= 0.3 is 0 Å². The van der Waals surface area contributed by atoms with E-state index in [0.29, 0.717) is 19.3 Å². The molecule has 0 spiro atoms. The second-order valence-corrected chi connectivity index (χ2v) is 5.26. The van der Waals surface area contributed by atoms with Gasteiger partial charge in [0.2, 0.25) is 0 Å². The Hall–Kier alpha value is -1.26. The molecule has 0 amide bonds. The van der Waals surface area contributed by atoms with Crippen molar-refractivity contribution in [1.82, 2.24) is 4.90 Å². The molecule has 0 aliphatic carbocycles. The zero-order valence-electron chi connectivity index (χ0n) is 12.1. The van der Waals surface area contributed by atoms with Gasteiger partial charge in [0, 0.05) is 6.04 Å². The molecule has 0 saturated carbocycles. The fraction of sp³-hybridized carbons (Fsp3) is 0.600. The van der Waals surface area contributed by atoms with E-state index >= 15 is 0 Å². The van der Waals surface area contributed by atoms with Crippen molar-refractivity contribution in [2.24, 2.45) is 5.73 Å². The van der Waals surface area contributed by atoms with Crippen molar-refractivity contribution >= 4 is 0 Å². The van der Waals surface area contributed by atoms with Gasteiger partial charge in [-0.15, -0.1) is 0 Å². The normalized spacial score (nSPS) is 15.6. The van der Waals surface area contributed by atoms with E-state index in [-0.39, 0.29) is 0 Å². The monoisotopic (exact) mass is 264 g/mol. The van der Waals surface area contributed by atoms with E-state index in [0.717, 1.165) is 30.9 Å². The summed E-state index contributed by atoms with van der Waals surface area (Å²) in [6.45, 7) is 4.13. The fourth-order valence-electron chi connectivity index (χ4n) is 2.57. The van der Waals surface area contributed by atoms with E-state index in [1.54, 1.807) is 0 Å². The number of hydrogen-bond donors (Lipinski definition) is 1. The summed E-state index contributed by atoms with van der Waals surface area (Å²) >= 11 is 0. The molecule has 4 heteroatoms. The second-order valence-electron chi connectivity index (χ2n) is 5.26. The summed E-state index contributed by atoms with van der Waals surface area (Å²) in [6, 6.07) is 4.59. The number of nitrogens with zero attached hydrogens (tertiary/aromatic N) is 1. The molecule has 2 rings (SSSR count). The molecule has 0 saturated heterocycles. The minimum Gasteiger partial charge on any atom is -0.486 e. The maximum Gasteiger partial charge on any atom is 0.161 e. The lowest BCUT2D eigenvalue weighted by atomic mass is 9.96. The average Bonchev–Trinajstić information content (AvgIpc) is 2.39. The van der Waals surface area contributed by atoms with E-state index in [1.165, 1.54) is 11.1 Å². The van der Waals surface area contributed by atoms with Gasteiger partial charge in [-0.05, 0) is 63.7 Å². The minimum absolute atomic E-state index is 0.374. The Balaban J connectivity index is 2.30. The maximum absolute atomic E-state index is 5.69. The SMILES string of the molecule is Cc1cc2c(cc1C(CCCN)N(C)C)OCCO2. The van der Waals surface area contributed by atoms with Gasteiger partial charge in [0.25, 0.3) is 0 Å². The number of benzene rings is 1. The van der Waals surface area contributed by atoms with Crippen molar-refractivity contribution in [1.29, 1.82) is 0 Å². The molecule has 4 nitrogen and oxygen atoms in total. The van der Waals surface area contributed by atoms with Gasteiger partial charge in [-0.3, -0.25) is 0 Å². The van der Waals surface area contributed by atoms with Crippen LogP contribution in [0.5, 0.6) is 11.5 Å². The predicted molar refractivity (Wildman–Crippen MR) is 76.9 cm³/mol. The van der Waals surface area contributed by atoms with Gasteiger partial charge in [0.15, 0.2) is 11.5 Å². The second kappa shape index (κ2) is 6.26. The lowest BCUT2D eigenvalue weighted by molar-refractivity contribution is 0.170. The van der Waals surface area contributed by atoms with Crippen LogP contribution in [-0.2, 0) is 0 Å². The van der Waals surface area contributed by atoms with Crippen LogP contribution in [0.4, 0.5) is 0 Å². The smallest absolute Gasteiger partial charge is 0.161 e. The van der Waals surface area contributed by atoms with E-state index in [9.17, 15) is 0 Å². The topological polar surface area (TPSA) is 47.7 Å². The van der Waals surface area contributed by atoms with E-state index < -0.39 is 0 Å². The molecule has 1 atom stereocenters. The molecule has 1 unspecified atom stereocenters. The van der Waals surface area contributed by atoms with Crippen LogP contribution < -0.4 is 15.2 Å². The molecule has 2 N–H and O–H groups in total. The van der Waals surface area contributed by atoms with Crippen LogP contribution in [0.25, 0.3) is 0 Å². The van der Waals surface area contributed by atoms with Crippen LogP contribution in [0.3, 0.4) is 0 Å². The first kappa shape index (κ1) is 14.2. The summed E-state index contributed by atoms with van der Waals surface area (Å²) in [7, 11) is 4.22. The summed E-state index contributed by atoms with van der Waals surface area (Å²) < 4.78 is 11.3. The van der Waals surface area contributed by atoms with Crippen molar-refractivity contribution in [2.75, 3.05) is 33.9 Å². The largest absolute Gasteiger partial charge is 0.486 e. The third kappa shape index (κ3) is 3.19. The summed E-state index contributed by atoms with van der Waals surface area (Å²) in [5, 5.41) is 0. The zero-order valence-corrected chi connectivity index (χ0v) is 12.1. The van der Waals surface area contributed by atoms with Crippen LogP contribution in [0.15, 0.2) is 12.1 Å². The van der Waals surface area contributed by atoms with E-state index in [1.807, 2.05) is 0 Å². The molecule has 1 aromatic rings. The Labute approximate surface area is 115 Å². The maximum atomic E-state index is 5.69. The minimum atomic E-state index is 0.374. The number of aryl methyl sites for hydroxylation is 1. The molecule has 106 valence electrons. The van der Waals surface area contributed by atoms with Crippen LogP contribution >= 0.6 is 0 Å². The molecule has 0 fully saturated rings. The third-order valence-electron chi connectivity index (χ3n) is 3.59. The first-order valence-electron chi connectivity index (χ1n) is 6.90. The lowest BCUT2D eigenvalue weighted by Gasteiger charge is -2.28.